The van der Waals surface area contributed by atoms with Gasteiger partial charge < -0.3 is 20.1 Å². The summed E-state index contributed by atoms with van der Waals surface area (Å²) < 4.78 is 59.3. The first-order valence-corrected chi connectivity index (χ1v) is 13.6. The number of hydrogen-bond acceptors (Lipinski definition) is 5. The van der Waals surface area contributed by atoms with Crippen LogP contribution in [0.4, 0.5) is 23.2 Å². The molecule has 2 heterocycles. The molecule has 3 atom stereocenters. The number of ether oxygens (including phenoxy) is 1. The quantitative estimate of drug-likeness (QED) is 0.476. The Kier molecular flexibility index (Phi) is 7.80. The van der Waals surface area contributed by atoms with E-state index in [0.717, 1.165) is 56.7 Å². The Morgan fingerprint density at radius 2 is 1.82 bits per heavy atom. The van der Waals surface area contributed by atoms with Crippen LogP contribution >= 0.6 is 0 Å². The molecule has 11 heteroatoms. The summed E-state index contributed by atoms with van der Waals surface area (Å²) >= 11 is 0. The molecule has 5 rings (SSSR count). The summed E-state index contributed by atoms with van der Waals surface area (Å²) in [4.78, 5) is 29.1. The Hall–Kier alpha value is -3.18. The fraction of sp³-hybridized carbons (Fsp3) is 0.517. The van der Waals surface area contributed by atoms with Crippen LogP contribution in [0.15, 0.2) is 42.5 Å². The van der Waals surface area contributed by atoms with Crippen LogP contribution in [0.2, 0.25) is 0 Å². The second-order valence-electron chi connectivity index (χ2n) is 11.1. The predicted octanol–water partition coefficient (Wildman–Crippen LogP) is 4.70. The number of anilines is 1. The molecule has 0 unspecified atom stereocenters. The van der Waals surface area contributed by atoms with E-state index in [1.54, 1.807) is 12.1 Å². The van der Waals surface area contributed by atoms with E-state index in [9.17, 15) is 27.2 Å². The largest absolute Gasteiger partial charge is 0.478 e. The first-order chi connectivity index (χ1) is 19.0. The van der Waals surface area contributed by atoms with Crippen molar-refractivity contribution in [3.63, 3.8) is 0 Å². The van der Waals surface area contributed by atoms with Gasteiger partial charge in [-0.1, -0.05) is 0 Å². The van der Waals surface area contributed by atoms with E-state index < -0.39 is 29.1 Å². The van der Waals surface area contributed by atoms with Crippen molar-refractivity contribution in [2.24, 2.45) is 5.92 Å². The lowest BCUT2D eigenvalue weighted by atomic mass is 9.85. The number of amides is 1. The van der Waals surface area contributed by atoms with E-state index in [1.807, 2.05) is 12.1 Å². The number of halogens is 4. The zero-order valence-corrected chi connectivity index (χ0v) is 22.2. The molecule has 3 aliphatic rings. The van der Waals surface area contributed by atoms with Crippen molar-refractivity contribution < 1.29 is 37.0 Å². The van der Waals surface area contributed by atoms with Crippen LogP contribution in [0.5, 0.6) is 0 Å². The second kappa shape index (κ2) is 11.0. The van der Waals surface area contributed by atoms with Gasteiger partial charge >= 0.3 is 12.1 Å². The number of benzene rings is 2. The van der Waals surface area contributed by atoms with Crippen LogP contribution < -0.4 is 10.2 Å². The summed E-state index contributed by atoms with van der Waals surface area (Å²) in [5, 5.41) is 11.9. The van der Waals surface area contributed by atoms with E-state index in [1.165, 1.54) is 0 Å². The summed E-state index contributed by atoms with van der Waals surface area (Å²) in [5.41, 5.74) is -0.834. The van der Waals surface area contributed by atoms with Crippen LogP contribution in [-0.2, 0) is 22.3 Å². The molecule has 0 bridgehead atoms. The third kappa shape index (κ3) is 5.95. The zero-order chi connectivity index (χ0) is 28.7. The van der Waals surface area contributed by atoms with E-state index in [4.69, 9.17) is 9.84 Å². The summed E-state index contributed by atoms with van der Waals surface area (Å²) in [6, 6.07) is 9.50. The summed E-state index contributed by atoms with van der Waals surface area (Å²) in [6.45, 7) is 4.64. The van der Waals surface area contributed by atoms with Gasteiger partial charge in [0.1, 0.15) is 11.4 Å². The van der Waals surface area contributed by atoms with Crippen LogP contribution in [0.1, 0.15) is 54.1 Å². The van der Waals surface area contributed by atoms with Crippen LogP contribution in [-0.4, -0.2) is 65.8 Å². The van der Waals surface area contributed by atoms with Gasteiger partial charge in [-0.05, 0) is 86.6 Å². The minimum atomic E-state index is -4.68. The average molecular weight is 564 g/mol. The normalized spacial score (nSPS) is 26.0. The highest BCUT2D eigenvalue weighted by Gasteiger charge is 2.54. The van der Waals surface area contributed by atoms with Gasteiger partial charge in [-0.15, -0.1) is 0 Å². The molecule has 40 heavy (non-hydrogen) atoms. The molecule has 2 N–H and O–H groups in total. The maximum atomic E-state index is 13.8. The molecule has 3 fully saturated rings. The van der Waals surface area contributed by atoms with E-state index in [-0.39, 0.29) is 41.6 Å². The molecule has 0 aromatic heterocycles. The van der Waals surface area contributed by atoms with Crippen LogP contribution in [0, 0.1) is 11.7 Å². The van der Waals surface area contributed by atoms with E-state index in [2.05, 4.69) is 22.0 Å². The number of aromatic carboxylic acids is 1. The highest BCUT2D eigenvalue weighted by atomic mass is 19.4. The number of carbonyl (C=O) groups is 2. The van der Waals surface area contributed by atoms with Crippen molar-refractivity contribution >= 4 is 17.6 Å². The number of alkyl halides is 3. The lowest BCUT2D eigenvalue weighted by Crippen LogP contribution is -2.60. The summed E-state index contributed by atoms with van der Waals surface area (Å²) in [7, 11) is 0. The molecule has 2 aromatic carbocycles. The Balaban J connectivity index is 1.18. The molecular weight excluding hydrogens is 530 g/mol. The van der Waals surface area contributed by atoms with Crippen molar-refractivity contribution in [1.82, 2.24) is 10.2 Å². The summed E-state index contributed by atoms with van der Waals surface area (Å²) in [5.74, 6) is -2.24. The van der Waals surface area contributed by atoms with Crippen molar-refractivity contribution in [3.05, 3.63) is 65.0 Å². The number of rotatable bonds is 7. The number of hydrogen-bond donors (Lipinski definition) is 2. The number of piperazine rings is 1. The third-order valence-electron chi connectivity index (χ3n) is 8.36. The molecule has 216 valence electrons. The molecule has 1 aliphatic carbocycles. The molecule has 7 nitrogen and oxygen atoms in total. The molecule has 0 spiro atoms. The molecule has 2 aromatic rings. The van der Waals surface area contributed by atoms with Crippen molar-refractivity contribution in [1.29, 1.82) is 0 Å². The SMILES string of the molecule is C[C@H]1CN([C@@H]2CC[C@@](C(=O)NCc3cc(F)cc(C(F)(F)F)c3)(C3CC3)OC2)CCN1c1ccc(C(=O)O)cc1. The summed E-state index contributed by atoms with van der Waals surface area (Å²) in [6.07, 6.45) is -1.71. The maximum Gasteiger partial charge on any atom is 0.416 e. The highest BCUT2D eigenvalue weighted by molar-refractivity contribution is 5.88. The number of carboxylic acid groups (broad SMARTS) is 1. The zero-order valence-electron chi connectivity index (χ0n) is 22.2. The van der Waals surface area contributed by atoms with Crippen LogP contribution in [0.25, 0.3) is 0 Å². The number of nitrogens with one attached hydrogen (secondary N) is 1. The van der Waals surface area contributed by atoms with E-state index in [0.29, 0.717) is 19.1 Å². The smallest absolute Gasteiger partial charge is 0.416 e. The molecule has 0 radical (unpaired) electrons. The van der Waals surface area contributed by atoms with Gasteiger partial charge in [0.2, 0.25) is 0 Å². The Labute approximate surface area is 230 Å². The molecule has 2 saturated heterocycles. The Bertz CT molecular complexity index is 1240. The van der Waals surface area contributed by atoms with Gasteiger partial charge in [-0.3, -0.25) is 9.69 Å². The van der Waals surface area contributed by atoms with Crippen molar-refractivity contribution in [2.45, 2.75) is 63.0 Å². The number of nitrogens with zero attached hydrogens (tertiary/aromatic N) is 2. The number of carbonyl (C=O) groups excluding carboxylic acids is 1. The standard InChI is InChI=1S/C29H33F4N3O4/c1-18-16-35(10-11-36(18)24-6-2-20(3-7-24)26(37)38)25-8-9-28(40-17-25,21-4-5-21)27(39)34-15-19-12-22(29(31,32)33)14-23(30)13-19/h2-3,6-7,12-14,18,21,25H,4-5,8-11,15-17H2,1H3,(H,34,39)(H,37,38)/t18-,25+,28-/m0/s1. The number of carboxylic acids is 1. The highest BCUT2D eigenvalue weighted by Crippen LogP contribution is 2.47. The minimum absolute atomic E-state index is 0.0461. The van der Waals surface area contributed by atoms with Gasteiger partial charge in [0.15, 0.2) is 0 Å². The topological polar surface area (TPSA) is 82.1 Å². The van der Waals surface area contributed by atoms with E-state index >= 15 is 0 Å². The van der Waals surface area contributed by atoms with Crippen molar-refractivity contribution in [3.8, 4) is 0 Å². The van der Waals surface area contributed by atoms with Gasteiger partial charge in [-0.2, -0.15) is 13.2 Å². The monoisotopic (exact) mass is 563 g/mol. The fourth-order valence-corrected chi connectivity index (χ4v) is 6.05. The van der Waals surface area contributed by atoms with Crippen LogP contribution in [0.3, 0.4) is 0 Å². The lowest BCUT2D eigenvalue weighted by Gasteiger charge is -2.48. The minimum Gasteiger partial charge on any atom is -0.478 e. The van der Waals surface area contributed by atoms with Gasteiger partial charge in [0, 0.05) is 44.0 Å². The van der Waals surface area contributed by atoms with Gasteiger partial charge in [0.25, 0.3) is 5.91 Å². The first kappa shape index (κ1) is 28.4. The second-order valence-corrected chi connectivity index (χ2v) is 11.1. The molecule has 1 saturated carbocycles. The van der Waals surface area contributed by atoms with Gasteiger partial charge in [0.05, 0.1) is 17.7 Å². The Morgan fingerprint density at radius 1 is 1.10 bits per heavy atom. The maximum absolute atomic E-state index is 13.8. The molecule has 1 amide bonds. The third-order valence-corrected chi connectivity index (χ3v) is 8.36. The fourth-order valence-electron chi connectivity index (χ4n) is 6.05. The Morgan fingerprint density at radius 3 is 2.40 bits per heavy atom. The average Bonchev–Trinajstić information content (AvgIpc) is 3.77. The lowest BCUT2D eigenvalue weighted by molar-refractivity contribution is -0.165. The molecule has 2 aliphatic heterocycles. The molecular formula is C29H33F4N3O4. The van der Waals surface area contributed by atoms with Gasteiger partial charge in [-0.25, -0.2) is 9.18 Å². The predicted molar refractivity (Wildman–Crippen MR) is 139 cm³/mol. The first-order valence-electron chi connectivity index (χ1n) is 13.6. The van der Waals surface area contributed by atoms with Crippen molar-refractivity contribution in [2.75, 3.05) is 31.1 Å².